The number of allylic oxidation sites excluding steroid dienone is 1. The molecule has 0 amide bonds. The van der Waals surface area contributed by atoms with E-state index in [-0.39, 0.29) is 29.9 Å². The third-order valence-corrected chi connectivity index (χ3v) is 4.99. The van der Waals surface area contributed by atoms with E-state index in [1.54, 1.807) is 30.6 Å². The lowest BCUT2D eigenvalue weighted by molar-refractivity contribution is -0.135. The van der Waals surface area contributed by atoms with Crippen LogP contribution in [0.25, 0.3) is 6.08 Å². The standard InChI is InChI=1S/C23H15NO4/c25-20-13-17(15-8-10-24-11-9-15)21-18(27-20)7-6-16-22(26)19(28-23(16)21)12-14-4-2-1-3-5-14/h1-12,17H,13H2. The third-order valence-electron chi connectivity index (χ3n) is 4.99. The van der Waals surface area contributed by atoms with E-state index in [2.05, 4.69) is 4.98 Å². The van der Waals surface area contributed by atoms with Crippen molar-refractivity contribution < 1.29 is 19.1 Å². The molecule has 0 N–H and O–H groups in total. The number of Topliss-reactive ketones (excluding diaryl/α,β-unsaturated/α-hetero) is 1. The van der Waals surface area contributed by atoms with Crippen LogP contribution in [0.1, 0.15) is 39.4 Å². The summed E-state index contributed by atoms with van der Waals surface area (Å²) in [6.07, 6.45) is 5.28. The van der Waals surface area contributed by atoms with E-state index in [1.807, 2.05) is 42.5 Å². The number of carbonyl (C=O) groups is 2. The molecule has 5 nitrogen and oxygen atoms in total. The van der Waals surface area contributed by atoms with Crippen LogP contribution in [0.5, 0.6) is 11.5 Å². The van der Waals surface area contributed by atoms with Crippen LogP contribution in [0.15, 0.2) is 72.8 Å². The smallest absolute Gasteiger partial charge is 0.312 e. The minimum Gasteiger partial charge on any atom is -0.452 e. The molecule has 2 aromatic carbocycles. The molecule has 1 atom stereocenters. The molecule has 0 aliphatic carbocycles. The summed E-state index contributed by atoms with van der Waals surface area (Å²) < 4.78 is 11.4. The van der Waals surface area contributed by atoms with E-state index >= 15 is 0 Å². The number of carbonyl (C=O) groups excluding carboxylic acids is 2. The van der Waals surface area contributed by atoms with Gasteiger partial charge in [-0.2, -0.15) is 0 Å². The van der Waals surface area contributed by atoms with Crippen LogP contribution in [-0.2, 0) is 4.79 Å². The predicted molar refractivity (Wildman–Crippen MR) is 102 cm³/mol. The molecule has 3 heterocycles. The average Bonchev–Trinajstić information content (AvgIpc) is 3.04. The minimum atomic E-state index is -0.307. The fourth-order valence-electron chi connectivity index (χ4n) is 3.69. The second kappa shape index (κ2) is 6.46. The Labute approximate surface area is 161 Å². The fourth-order valence-corrected chi connectivity index (χ4v) is 3.69. The van der Waals surface area contributed by atoms with Gasteiger partial charge in [-0.05, 0) is 41.5 Å². The molecule has 3 aromatic rings. The summed E-state index contributed by atoms with van der Waals surface area (Å²) in [4.78, 5) is 29.1. The number of ether oxygens (including phenoxy) is 2. The zero-order valence-corrected chi connectivity index (χ0v) is 14.8. The van der Waals surface area contributed by atoms with E-state index in [4.69, 9.17) is 9.47 Å². The largest absolute Gasteiger partial charge is 0.452 e. The summed E-state index contributed by atoms with van der Waals surface area (Å²) in [7, 11) is 0. The maximum atomic E-state index is 12.9. The first-order chi connectivity index (χ1) is 13.7. The molecule has 5 rings (SSSR count). The molecule has 0 radical (unpaired) electrons. The average molecular weight is 369 g/mol. The highest BCUT2D eigenvalue weighted by molar-refractivity contribution is 6.15. The molecule has 0 saturated carbocycles. The van der Waals surface area contributed by atoms with Gasteiger partial charge in [0.2, 0.25) is 5.78 Å². The Balaban J connectivity index is 1.63. The number of fused-ring (bicyclic) bond motifs is 3. The number of benzene rings is 2. The highest BCUT2D eigenvalue weighted by Crippen LogP contribution is 2.48. The first-order valence-corrected chi connectivity index (χ1v) is 8.97. The van der Waals surface area contributed by atoms with Crippen LogP contribution in [0.4, 0.5) is 0 Å². The molecule has 136 valence electrons. The van der Waals surface area contributed by atoms with Gasteiger partial charge < -0.3 is 9.47 Å². The SMILES string of the molecule is O=C1CC(c2ccncc2)c2c(ccc3c2OC(=Cc2ccccc2)C3=O)O1. The number of aromatic nitrogens is 1. The van der Waals surface area contributed by atoms with Crippen LogP contribution in [0, 0.1) is 0 Å². The Kier molecular flexibility index (Phi) is 3.79. The van der Waals surface area contributed by atoms with Crippen LogP contribution in [0.3, 0.4) is 0 Å². The van der Waals surface area contributed by atoms with Crippen molar-refractivity contribution in [3.8, 4) is 11.5 Å². The zero-order chi connectivity index (χ0) is 19.1. The van der Waals surface area contributed by atoms with Crippen LogP contribution in [-0.4, -0.2) is 16.7 Å². The molecular formula is C23H15NO4. The number of hydrogen-bond donors (Lipinski definition) is 0. The minimum absolute atomic E-state index is 0.174. The Hall–Kier alpha value is -3.73. The van der Waals surface area contributed by atoms with Crippen molar-refractivity contribution in [2.45, 2.75) is 12.3 Å². The lowest BCUT2D eigenvalue weighted by Gasteiger charge is -2.26. The molecular weight excluding hydrogens is 354 g/mol. The van der Waals surface area contributed by atoms with Gasteiger partial charge in [-0.25, -0.2) is 0 Å². The molecule has 0 fully saturated rings. The summed E-state index contributed by atoms with van der Waals surface area (Å²) in [6.45, 7) is 0. The number of rotatable bonds is 2. The normalized spacial score (nSPS) is 19.0. The summed E-state index contributed by atoms with van der Waals surface area (Å²) >= 11 is 0. The monoisotopic (exact) mass is 369 g/mol. The van der Waals surface area contributed by atoms with Crippen LogP contribution >= 0.6 is 0 Å². The maximum absolute atomic E-state index is 12.9. The topological polar surface area (TPSA) is 65.5 Å². The van der Waals surface area contributed by atoms with E-state index in [0.717, 1.165) is 16.7 Å². The second-order valence-electron chi connectivity index (χ2n) is 6.72. The van der Waals surface area contributed by atoms with Gasteiger partial charge in [0, 0.05) is 23.9 Å². The summed E-state index contributed by atoms with van der Waals surface area (Å²) in [5, 5.41) is 0. The summed E-state index contributed by atoms with van der Waals surface area (Å²) in [5.74, 6) is 0.438. The highest BCUT2D eigenvalue weighted by Gasteiger charge is 2.38. The van der Waals surface area contributed by atoms with Gasteiger partial charge in [-0.3, -0.25) is 14.6 Å². The molecule has 2 aliphatic heterocycles. The molecule has 0 saturated heterocycles. The lowest BCUT2D eigenvalue weighted by Crippen LogP contribution is -2.21. The zero-order valence-electron chi connectivity index (χ0n) is 14.8. The van der Waals surface area contributed by atoms with Gasteiger partial charge in [0.1, 0.15) is 11.5 Å². The van der Waals surface area contributed by atoms with Crippen molar-refractivity contribution in [1.29, 1.82) is 0 Å². The summed E-state index contributed by atoms with van der Waals surface area (Å²) in [6, 6.07) is 16.6. The van der Waals surface area contributed by atoms with Gasteiger partial charge in [0.05, 0.1) is 12.0 Å². The van der Waals surface area contributed by atoms with Crippen molar-refractivity contribution in [2.24, 2.45) is 0 Å². The summed E-state index contributed by atoms with van der Waals surface area (Å²) in [5.41, 5.74) is 3.02. The van der Waals surface area contributed by atoms with Crippen molar-refractivity contribution in [3.05, 3.63) is 95.0 Å². The van der Waals surface area contributed by atoms with Gasteiger partial charge in [-0.1, -0.05) is 30.3 Å². The van der Waals surface area contributed by atoms with Gasteiger partial charge in [0.25, 0.3) is 0 Å². The maximum Gasteiger partial charge on any atom is 0.312 e. The van der Waals surface area contributed by atoms with Crippen LogP contribution < -0.4 is 9.47 Å². The number of pyridine rings is 1. The van der Waals surface area contributed by atoms with E-state index in [0.29, 0.717) is 17.1 Å². The Morgan fingerprint density at radius 1 is 0.929 bits per heavy atom. The first-order valence-electron chi connectivity index (χ1n) is 8.97. The number of ketones is 1. The molecule has 2 aliphatic rings. The van der Waals surface area contributed by atoms with Gasteiger partial charge in [0.15, 0.2) is 5.76 Å². The van der Waals surface area contributed by atoms with Crippen molar-refractivity contribution in [2.75, 3.05) is 0 Å². The molecule has 1 unspecified atom stereocenters. The Morgan fingerprint density at radius 3 is 2.50 bits per heavy atom. The first kappa shape index (κ1) is 16.4. The molecule has 0 spiro atoms. The predicted octanol–water partition coefficient (Wildman–Crippen LogP) is 4.14. The molecule has 5 heteroatoms. The van der Waals surface area contributed by atoms with Crippen molar-refractivity contribution in [1.82, 2.24) is 4.98 Å². The van der Waals surface area contributed by atoms with Crippen molar-refractivity contribution >= 4 is 17.8 Å². The number of nitrogens with zero attached hydrogens (tertiary/aromatic N) is 1. The van der Waals surface area contributed by atoms with Gasteiger partial charge in [-0.15, -0.1) is 0 Å². The van der Waals surface area contributed by atoms with E-state index in [9.17, 15) is 9.59 Å². The molecule has 1 aromatic heterocycles. The Morgan fingerprint density at radius 2 is 1.71 bits per heavy atom. The highest BCUT2D eigenvalue weighted by atomic mass is 16.5. The van der Waals surface area contributed by atoms with E-state index < -0.39 is 0 Å². The van der Waals surface area contributed by atoms with Crippen molar-refractivity contribution in [3.63, 3.8) is 0 Å². The number of esters is 1. The number of hydrogen-bond acceptors (Lipinski definition) is 5. The third kappa shape index (κ3) is 2.68. The fraction of sp³-hybridized carbons (Fsp3) is 0.0870. The molecule has 0 bridgehead atoms. The van der Waals surface area contributed by atoms with Gasteiger partial charge >= 0.3 is 5.97 Å². The quantitative estimate of drug-likeness (QED) is 0.386. The lowest BCUT2D eigenvalue weighted by atomic mass is 9.85. The van der Waals surface area contributed by atoms with E-state index in [1.165, 1.54) is 0 Å². The van der Waals surface area contributed by atoms with Crippen LogP contribution in [0.2, 0.25) is 0 Å². The molecule has 28 heavy (non-hydrogen) atoms. The second-order valence-corrected chi connectivity index (χ2v) is 6.72. The Bertz CT molecular complexity index is 1120.